The van der Waals surface area contributed by atoms with Gasteiger partial charge in [0, 0.05) is 54.7 Å². The zero-order valence-electron chi connectivity index (χ0n) is 27.7. The highest BCUT2D eigenvalue weighted by Crippen LogP contribution is 2.28. The number of nitrogens with zero attached hydrogens (tertiary/aromatic N) is 6. The lowest BCUT2D eigenvalue weighted by Crippen LogP contribution is -2.43. The van der Waals surface area contributed by atoms with Crippen LogP contribution in [-0.2, 0) is 16.0 Å². The number of anilines is 3. The molecule has 2 atom stereocenters. The smallest absolute Gasteiger partial charge is 0.415 e. The second kappa shape index (κ2) is 15.1. The number of carbonyl (C=O) groups is 3. The molecule has 1 N–H and O–H groups in total. The van der Waals surface area contributed by atoms with Gasteiger partial charge in [-0.1, -0.05) is 12.1 Å². The maximum atomic E-state index is 13.5. The Labute approximate surface area is 263 Å². The van der Waals surface area contributed by atoms with E-state index in [-0.39, 0.29) is 26.0 Å². The molecule has 1 aliphatic rings. The lowest BCUT2D eigenvalue weighted by atomic mass is 10.0. The Morgan fingerprint density at radius 1 is 1.09 bits per heavy atom. The van der Waals surface area contributed by atoms with Crippen molar-refractivity contribution in [1.29, 1.82) is 0 Å². The van der Waals surface area contributed by atoms with E-state index in [0.29, 0.717) is 42.8 Å². The zero-order chi connectivity index (χ0) is 32.6. The molecule has 1 fully saturated rings. The molecule has 3 rings (SSSR count). The second-order valence-corrected chi connectivity index (χ2v) is 12.3. The molecule has 1 aromatic carbocycles. The molecular formula is C32H51N7O5. The maximum absolute atomic E-state index is 13.5. The minimum Gasteiger partial charge on any atom is -0.458 e. The van der Waals surface area contributed by atoms with E-state index < -0.39 is 17.6 Å². The van der Waals surface area contributed by atoms with Gasteiger partial charge in [-0.05, 0) is 78.5 Å². The van der Waals surface area contributed by atoms with E-state index in [2.05, 4.69) is 10.3 Å². The first-order valence-corrected chi connectivity index (χ1v) is 15.4. The number of benzene rings is 1. The number of piperidine rings is 1. The van der Waals surface area contributed by atoms with Gasteiger partial charge in [0.2, 0.25) is 5.95 Å². The van der Waals surface area contributed by atoms with Crippen LogP contribution in [0.15, 0.2) is 30.5 Å². The molecule has 2 aromatic rings. The average Bonchev–Trinajstić information content (AvgIpc) is 2.97. The van der Waals surface area contributed by atoms with Crippen molar-refractivity contribution in [1.82, 2.24) is 19.8 Å². The van der Waals surface area contributed by atoms with Crippen molar-refractivity contribution in [2.75, 3.05) is 55.9 Å². The predicted molar refractivity (Wildman–Crippen MR) is 175 cm³/mol. The minimum atomic E-state index is -0.849. The summed E-state index contributed by atoms with van der Waals surface area (Å²) in [6.45, 7) is 13.6. The van der Waals surface area contributed by atoms with Crippen LogP contribution in [0.5, 0.6) is 5.75 Å². The van der Waals surface area contributed by atoms with Crippen LogP contribution in [0.2, 0.25) is 0 Å². The Balaban J connectivity index is 0.00000705. The number of amides is 3. The zero-order valence-corrected chi connectivity index (χ0v) is 27.7. The molecule has 244 valence electrons. The number of rotatable bonds is 10. The summed E-state index contributed by atoms with van der Waals surface area (Å²) < 4.78 is 11.4. The van der Waals surface area contributed by atoms with Crippen LogP contribution in [0.3, 0.4) is 0 Å². The molecule has 1 saturated heterocycles. The van der Waals surface area contributed by atoms with E-state index in [1.54, 1.807) is 44.4 Å². The number of likely N-dealkylation sites (tertiary alicyclic amines) is 1. The third-order valence-electron chi connectivity index (χ3n) is 7.44. The Kier molecular flexibility index (Phi) is 11.8. The second-order valence-electron chi connectivity index (χ2n) is 12.3. The van der Waals surface area contributed by atoms with Crippen molar-refractivity contribution in [2.45, 2.75) is 84.9 Å². The average molecular weight is 614 g/mol. The summed E-state index contributed by atoms with van der Waals surface area (Å²) in [7, 11) is 4.96. The van der Waals surface area contributed by atoms with Crippen LogP contribution >= 0.6 is 0 Å². The van der Waals surface area contributed by atoms with Gasteiger partial charge in [0.25, 0.3) is 0 Å². The minimum absolute atomic E-state index is 0. The summed E-state index contributed by atoms with van der Waals surface area (Å²) in [4.78, 5) is 55.1. The van der Waals surface area contributed by atoms with E-state index >= 15 is 0 Å². The number of hydrogen-bond acceptors (Lipinski definition) is 9. The van der Waals surface area contributed by atoms with Gasteiger partial charge in [-0.25, -0.2) is 19.4 Å². The Bertz CT molecular complexity index is 1280. The summed E-state index contributed by atoms with van der Waals surface area (Å²) in [5, 5.41) is 3.27. The molecule has 0 saturated carbocycles. The fourth-order valence-corrected chi connectivity index (χ4v) is 4.97. The van der Waals surface area contributed by atoms with E-state index in [9.17, 15) is 14.4 Å². The third-order valence-corrected chi connectivity index (χ3v) is 7.44. The molecular weight excluding hydrogens is 562 g/mol. The van der Waals surface area contributed by atoms with E-state index in [1.165, 1.54) is 9.80 Å². The Morgan fingerprint density at radius 2 is 1.75 bits per heavy atom. The summed E-state index contributed by atoms with van der Waals surface area (Å²) in [5.41, 5.74) is 0.512. The van der Waals surface area contributed by atoms with Gasteiger partial charge in [0.15, 0.2) is 5.82 Å². The summed E-state index contributed by atoms with van der Waals surface area (Å²) in [6.07, 6.45) is 4.54. The maximum Gasteiger partial charge on any atom is 0.415 e. The fraction of sp³-hybridized carbons (Fsp3) is 0.594. The number of carbonyl (C=O) groups excluding carboxylic acids is 3. The molecule has 0 spiro atoms. The van der Waals surface area contributed by atoms with Crippen molar-refractivity contribution in [2.24, 2.45) is 0 Å². The van der Waals surface area contributed by atoms with Crippen molar-refractivity contribution < 1.29 is 25.3 Å². The van der Waals surface area contributed by atoms with E-state index in [0.717, 1.165) is 24.8 Å². The van der Waals surface area contributed by atoms with Gasteiger partial charge in [-0.2, -0.15) is 4.98 Å². The Morgan fingerprint density at radius 3 is 2.32 bits per heavy atom. The van der Waals surface area contributed by atoms with Gasteiger partial charge < -0.3 is 29.5 Å². The van der Waals surface area contributed by atoms with E-state index in [4.69, 9.17) is 14.5 Å². The number of ether oxygens (including phenoxy) is 2. The number of nitrogens with one attached hydrogen (secondary N) is 1. The first-order valence-electron chi connectivity index (χ1n) is 15.4. The molecule has 0 aliphatic carbocycles. The molecule has 44 heavy (non-hydrogen) atoms. The predicted octanol–water partition coefficient (Wildman–Crippen LogP) is 5.42. The third kappa shape index (κ3) is 9.20. The van der Waals surface area contributed by atoms with Crippen molar-refractivity contribution in [3.05, 3.63) is 36.0 Å². The van der Waals surface area contributed by atoms with Gasteiger partial charge in [0.05, 0.1) is 6.20 Å². The molecule has 2 heterocycles. The van der Waals surface area contributed by atoms with Gasteiger partial charge in [-0.15, -0.1) is 0 Å². The molecule has 12 heteroatoms. The van der Waals surface area contributed by atoms with Crippen LogP contribution in [-0.4, -0.2) is 96.3 Å². The fourth-order valence-electron chi connectivity index (χ4n) is 4.97. The van der Waals surface area contributed by atoms with Crippen LogP contribution in [0.1, 0.15) is 67.8 Å². The monoisotopic (exact) mass is 613 g/mol. The number of esters is 1. The normalized spacial score (nSPS) is 15.7. The SMILES string of the molecule is CCN(CC)c1ncc(N(C)C(=O)N(C)C)c(N[C@@H](Cc2ccc(OC(=O)N3CCCCC3C)cc2)C(=O)OC(C)(C)C)n1.[HH]. The van der Waals surface area contributed by atoms with Crippen LogP contribution in [0.25, 0.3) is 0 Å². The van der Waals surface area contributed by atoms with Crippen LogP contribution in [0.4, 0.5) is 27.0 Å². The summed E-state index contributed by atoms with van der Waals surface area (Å²) in [5.74, 6) is 0.771. The van der Waals surface area contributed by atoms with Gasteiger partial charge >= 0.3 is 18.1 Å². The lowest BCUT2D eigenvalue weighted by molar-refractivity contribution is -0.155. The molecule has 3 amide bonds. The van der Waals surface area contributed by atoms with Crippen LogP contribution in [0, 0.1) is 0 Å². The molecule has 0 bridgehead atoms. The molecule has 1 unspecified atom stereocenters. The van der Waals surface area contributed by atoms with Gasteiger partial charge in [-0.3, -0.25) is 4.90 Å². The standard InChI is InChI=1S/C32H49N7O5.H2/c1-10-38(11-2)29-33-21-26(37(9)30(41)36(7)8)27(35-29)34-25(28(40)44-32(4,5)6)20-23-15-17-24(18-16-23)43-31(42)39-19-13-12-14-22(39)3;/h15-18,21-22,25H,10-14,19-20H2,1-9H3,(H,33,34,35);1H/t22?,25-;/m0./s1. The molecule has 1 aliphatic heterocycles. The highest BCUT2D eigenvalue weighted by Gasteiger charge is 2.29. The number of urea groups is 1. The molecule has 12 nitrogen and oxygen atoms in total. The summed E-state index contributed by atoms with van der Waals surface area (Å²) >= 11 is 0. The lowest BCUT2D eigenvalue weighted by Gasteiger charge is -2.32. The first-order chi connectivity index (χ1) is 20.7. The molecule has 1 aromatic heterocycles. The van der Waals surface area contributed by atoms with Crippen molar-refractivity contribution in [3.63, 3.8) is 0 Å². The molecule has 0 radical (unpaired) electrons. The topological polar surface area (TPSA) is 120 Å². The van der Waals surface area contributed by atoms with Crippen molar-refractivity contribution >= 4 is 35.5 Å². The van der Waals surface area contributed by atoms with Crippen LogP contribution < -0.4 is 19.9 Å². The highest BCUT2D eigenvalue weighted by molar-refractivity contribution is 5.94. The van der Waals surface area contributed by atoms with Gasteiger partial charge in [0.1, 0.15) is 23.1 Å². The quantitative estimate of drug-likeness (QED) is 0.350. The number of aromatic nitrogens is 2. The van der Waals surface area contributed by atoms with E-state index in [1.807, 2.05) is 58.6 Å². The first kappa shape index (κ1) is 34.4. The number of hydrogen-bond donors (Lipinski definition) is 1. The van der Waals surface area contributed by atoms with Crippen molar-refractivity contribution in [3.8, 4) is 5.75 Å². The summed E-state index contributed by atoms with van der Waals surface area (Å²) in [6, 6.07) is 6.13. The highest BCUT2D eigenvalue weighted by atomic mass is 16.6. The largest absolute Gasteiger partial charge is 0.458 e. The Hall–Kier alpha value is -4.09.